The molecule has 2 atom stereocenters. The van der Waals surface area contributed by atoms with Gasteiger partial charge in [-0.15, -0.1) is 0 Å². The molecule has 0 radical (unpaired) electrons. The minimum Gasteiger partial charge on any atom is -0.462 e. The van der Waals surface area contributed by atoms with E-state index >= 15 is 0 Å². The zero-order valence-electron chi connectivity index (χ0n) is 39.4. The Morgan fingerprint density at radius 2 is 0.661 bits per heavy atom. The van der Waals surface area contributed by atoms with Crippen molar-refractivity contribution in [2.45, 2.75) is 290 Å². The maximum absolute atomic E-state index is 12.6. The van der Waals surface area contributed by atoms with Crippen LogP contribution in [0.2, 0.25) is 0 Å². The summed E-state index contributed by atoms with van der Waals surface area (Å²) in [4.78, 5) is 34.9. The zero-order valence-corrected chi connectivity index (χ0v) is 40.3. The molecule has 0 rings (SSSR count). The third-order valence-electron chi connectivity index (χ3n) is 11.7. The third-order valence-corrected chi connectivity index (χ3v) is 12.7. The van der Waals surface area contributed by atoms with Crippen LogP contribution in [0.4, 0.5) is 0 Å². The summed E-state index contributed by atoms with van der Waals surface area (Å²) in [6.45, 7) is 5.55. The van der Waals surface area contributed by atoms with E-state index in [1.165, 1.54) is 212 Å². The number of ether oxygens (including phenoxy) is 2. The number of hydrogen-bond donors (Lipinski definition) is 1. The van der Waals surface area contributed by atoms with Crippen LogP contribution in [0.15, 0.2) is 0 Å². The van der Waals surface area contributed by atoms with Gasteiger partial charge in [0.15, 0.2) is 6.10 Å². The monoisotopic (exact) mass is 859 g/mol. The smallest absolute Gasteiger partial charge is 0.462 e. The number of phosphoric ester groups is 1. The molecule has 0 aromatic rings. The van der Waals surface area contributed by atoms with E-state index in [1.54, 1.807) is 6.92 Å². The Kier molecular flexibility index (Phi) is 45.8. The molecule has 0 bridgehead atoms. The fourth-order valence-corrected chi connectivity index (χ4v) is 8.62. The number of carbonyl (C=O) groups excluding carboxylic acids is 2. The molecule has 0 fully saturated rings. The van der Waals surface area contributed by atoms with Crippen molar-refractivity contribution >= 4 is 19.8 Å². The first-order valence-electron chi connectivity index (χ1n) is 25.8. The van der Waals surface area contributed by atoms with Gasteiger partial charge in [0.2, 0.25) is 0 Å². The van der Waals surface area contributed by atoms with Crippen LogP contribution in [0, 0.1) is 0 Å². The number of unbranched alkanes of at least 4 members (excludes halogenated alkanes) is 37. The zero-order chi connectivity index (χ0) is 43.2. The second-order valence-corrected chi connectivity index (χ2v) is 19.0. The lowest BCUT2D eigenvalue weighted by Gasteiger charge is -2.19. The molecule has 2 unspecified atom stereocenters. The second kappa shape index (κ2) is 46.6. The van der Waals surface area contributed by atoms with Gasteiger partial charge in [-0.25, -0.2) is 4.57 Å². The normalized spacial score (nSPS) is 13.1. The molecule has 0 saturated heterocycles. The molecule has 352 valence electrons. The Morgan fingerprint density at radius 3 is 0.949 bits per heavy atom. The molecule has 0 aliphatic carbocycles. The summed E-state index contributed by atoms with van der Waals surface area (Å²) in [6.07, 6.45) is 50.2. The van der Waals surface area contributed by atoms with Gasteiger partial charge in [0.1, 0.15) is 6.61 Å². The summed E-state index contributed by atoms with van der Waals surface area (Å²) in [5, 5.41) is 0. The second-order valence-electron chi connectivity index (χ2n) is 17.6. The number of esters is 2. The van der Waals surface area contributed by atoms with Crippen molar-refractivity contribution in [3.63, 3.8) is 0 Å². The Morgan fingerprint density at radius 1 is 0.390 bits per heavy atom. The summed E-state index contributed by atoms with van der Waals surface area (Å²) in [5.41, 5.74) is 0. The van der Waals surface area contributed by atoms with Gasteiger partial charge in [0, 0.05) is 12.8 Å². The van der Waals surface area contributed by atoms with Gasteiger partial charge in [0.25, 0.3) is 0 Å². The summed E-state index contributed by atoms with van der Waals surface area (Å²) in [6, 6.07) is 0. The molecule has 0 saturated carbocycles. The molecule has 1 N–H and O–H groups in total. The number of rotatable bonds is 49. The van der Waals surface area contributed by atoms with Crippen molar-refractivity contribution < 1.29 is 37.6 Å². The molecule has 0 amide bonds. The summed E-state index contributed by atoms with van der Waals surface area (Å²) < 4.78 is 32.8. The lowest BCUT2D eigenvalue weighted by Crippen LogP contribution is -2.29. The fraction of sp³-hybridized carbons (Fsp3) is 0.960. The number of phosphoric acid groups is 1. The van der Waals surface area contributed by atoms with Gasteiger partial charge in [-0.05, 0) is 19.8 Å². The van der Waals surface area contributed by atoms with Crippen LogP contribution in [0.1, 0.15) is 284 Å². The minimum absolute atomic E-state index is 0.00603. The van der Waals surface area contributed by atoms with Gasteiger partial charge in [-0.3, -0.25) is 18.6 Å². The molecule has 0 aromatic heterocycles. The van der Waals surface area contributed by atoms with Gasteiger partial charge < -0.3 is 14.4 Å². The van der Waals surface area contributed by atoms with Crippen molar-refractivity contribution in [3.8, 4) is 0 Å². The molecular formula is C50H99O8P. The van der Waals surface area contributed by atoms with E-state index in [1.807, 2.05) is 0 Å². The van der Waals surface area contributed by atoms with Crippen molar-refractivity contribution in [2.24, 2.45) is 0 Å². The van der Waals surface area contributed by atoms with E-state index in [-0.39, 0.29) is 32.2 Å². The Hall–Kier alpha value is -0.950. The molecule has 8 nitrogen and oxygen atoms in total. The van der Waals surface area contributed by atoms with Gasteiger partial charge in [-0.2, -0.15) is 0 Å². The lowest BCUT2D eigenvalue weighted by atomic mass is 10.0. The number of hydrogen-bond acceptors (Lipinski definition) is 7. The fourth-order valence-electron chi connectivity index (χ4n) is 7.87. The van der Waals surface area contributed by atoms with E-state index in [0.29, 0.717) is 6.42 Å². The van der Waals surface area contributed by atoms with Crippen molar-refractivity contribution in [2.75, 3.05) is 19.8 Å². The third kappa shape index (κ3) is 46.4. The standard InChI is InChI=1S/C50H99O8P/c1-4-7-9-11-13-15-17-19-21-23-24-25-26-27-29-31-33-35-37-39-41-43-45-50(52)58-48(47-57-59(53,54)56-6-3)46-55-49(51)44-42-40-38-36-34-32-30-28-22-20-18-16-14-12-10-8-5-2/h48H,4-47H2,1-3H3,(H,53,54). The lowest BCUT2D eigenvalue weighted by molar-refractivity contribution is -0.161. The predicted octanol–water partition coefficient (Wildman–Crippen LogP) is 16.6. The molecule has 0 aromatic carbocycles. The quantitative estimate of drug-likeness (QED) is 0.0366. The Labute approximate surface area is 366 Å². The minimum atomic E-state index is -4.28. The highest BCUT2D eigenvalue weighted by atomic mass is 31.2. The van der Waals surface area contributed by atoms with E-state index in [0.717, 1.165) is 38.5 Å². The van der Waals surface area contributed by atoms with Crippen molar-refractivity contribution in [3.05, 3.63) is 0 Å². The Balaban J connectivity index is 3.91. The predicted molar refractivity (Wildman–Crippen MR) is 249 cm³/mol. The first-order valence-corrected chi connectivity index (χ1v) is 27.3. The molecule has 0 spiro atoms. The Bertz CT molecular complexity index is 931. The molecular weight excluding hydrogens is 760 g/mol. The summed E-state index contributed by atoms with van der Waals surface area (Å²) in [7, 11) is -4.28. The highest BCUT2D eigenvalue weighted by molar-refractivity contribution is 7.47. The van der Waals surface area contributed by atoms with Crippen LogP contribution in [-0.2, 0) is 32.7 Å². The molecule has 0 aliphatic rings. The van der Waals surface area contributed by atoms with Gasteiger partial charge in [0.05, 0.1) is 13.2 Å². The van der Waals surface area contributed by atoms with Gasteiger partial charge >= 0.3 is 19.8 Å². The first kappa shape index (κ1) is 58.0. The van der Waals surface area contributed by atoms with Crippen LogP contribution in [-0.4, -0.2) is 42.8 Å². The van der Waals surface area contributed by atoms with E-state index in [9.17, 15) is 19.0 Å². The highest BCUT2D eigenvalue weighted by Gasteiger charge is 2.25. The number of carbonyl (C=O) groups is 2. The SMILES string of the molecule is CCCCCCCCCCCCCCCCCCCCCCCCC(=O)OC(COC(=O)CCCCCCCCCCCCCCCCCCC)COP(=O)(O)OCC. The van der Waals surface area contributed by atoms with Crippen LogP contribution in [0.3, 0.4) is 0 Å². The van der Waals surface area contributed by atoms with E-state index in [2.05, 4.69) is 13.8 Å². The summed E-state index contributed by atoms with van der Waals surface area (Å²) in [5.74, 6) is -0.774. The molecule has 9 heteroatoms. The topological polar surface area (TPSA) is 108 Å². The maximum Gasteiger partial charge on any atom is 0.472 e. The first-order chi connectivity index (χ1) is 28.8. The molecule has 59 heavy (non-hydrogen) atoms. The average Bonchev–Trinajstić information content (AvgIpc) is 3.22. The van der Waals surface area contributed by atoms with Crippen molar-refractivity contribution in [1.82, 2.24) is 0 Å². The maximum atomic E-state index is 12.6. The van der Waals surface area contributed by atoms with E-state index in [4.69, 9.17) is 18.5 Å². The van der Waals surface area contributed by atoms with Crippen LogP contribution >= 0.6 is 7.82 Å². The van der Waals surface area contributed by atoms with Crippen molar-refractivity contribution in [1.29, 1.82) is 0 Å². The van der Waals surface area contributed by atoms with E-state index < -0.39 is 19.9 Å². The largest absolute Gasteiger partial charge is 0.472 e. The summed E-state index contributed by atoms with van der Waals surface area (Å²) >= 11 is 0. The van der Waals surface area contributed by atoms with Crippen LogP contribution in [0.25, 0.3) is 0 Å². The molecule has 0 aliphatic heterocycles. The molecule has 0 heterocycles. The van der Waals surface area contributed by atoms with Crippen LogP contribution in [0.5, 0.6) is 0 Å². The average molecular weight is 859 g/mol. The van der Waals surface area contributed by atoms with Gasteiger partial charge in [-0.1, -0.05) is 251 Å². The van der Waals surface area contributed by atoms with Crippen LogP contribution < -0.4 is 0 Å². The highest BCUT2D eigenvalue weighted by Crippen LogP contribution is 2.43.